The Hall–Kier alpha value is -3.46. The summed E-state index contributed by atoms with van der Waals surface area (Å²) in [5.41, 5.74) is -0.173. The lowest BCUT2D eigenvalue weighted by atomic mass is 9.97. The van der Waals surface area contributed by atoms with Crippen LogP contribution >= 0.6 is 0 Å². The standard InChI is InChI=1S/C29H34FN3O4S/c1-19(2)18-37-23-14-21(13-22(30)15-23)26-12-11-25(27(31-26)33-17-20(3)16-29(33,4)5)28(34)32-38(35,36)24-9-7-6-8-10-24/h6-15,19-20H,16-18H2,1-5H3,(H,32,34)/t20-/m0/s1/i1D3,2D3,19D. The average Bonchev–Trinajstić information content (AvgIpc) is 3.21. The molecule has 1 amide bonds. The fourth-order valence-corrected chi connectivity index (χ4v) is 5.72. The molecule has 0 saturated carbocycles. The monoisotopic (exact) mass is 546 g/mol. The SMILES string of the molecule is [2H]C([2H])([2H])C([2H])(COc1cc(F)cc(-c2ccc(C(=O)NS(=O)(=O)c3ccccc3)c(N3C[C@@H](C)CC3(C)C)n2)c1)C([2H])([2H])[2H]. The minimum absolute atomic E-state index is 0.0253. The first-order valence-electron chi connectivity index (χ1n) is 15.5. The van der Waals surface area contributed by atoms with E-state index in [2.05, 4.69) is 9.71 Å². The van der Waals surface area contributed by atoms with Crippen molar-refractivity contribution in [3.05, 3.63) is 72.0 Å². The van der Waals surface area contributed by atoms with Crippen LogP contribution in [0.4, 0.5) is 10.2 Å². The van der Waals surface area contributed by atoms with E-state index in [9.17, 15) is 17.6 Å². The van der Waals surface area contributed by atoms with Gasteiger partial charge in [0.25, 0.3) is 15.9 Å². The molecule has 2 aromatic carbocycles. The number of rotatable bonds is 8. The normalized spacial score (nSPS) is 20.7. The van der Waals surface area contributed by atoms with Gasteiger partial charge in [-0.25, -0.2) is 22.5 Å². The van der Waals surface area contributed by atoms with Crippen LogP contribution < -0.4 is 14.4 Å². The van der Waals surface area contributed by atoms with Gasteiger partial charge in [-0.15, -0.1) is 0 Å². The third kappa shape index (κ3) is 6.15. The van der Waals surface area contributed by atoms with Gasteiger partial charge in [0, 0.05) is 33.3 Å². The van der Waals surface area contributed by atoms with Crippen LogP contribution in [0.1, 0.15) is 60.8 Å². The molecule has 4 rings (SSSR count). The molecule has 202 valence electrons. The Balaban J connectivity index is 1.74. The second-order valence-electron chi connectivity index (χ2n) is 9.99. The Morgan fingerprint density at radius 3 is 2.63 bits per heavy atom. The zero-order valence-corrected chi connectivity index (χ0v) is 22.1. The summed E-state index contributed by atoms with van der Waals surface area (Å²) in [7, 11) is -4.21. The van der Waals surface area contributed by atoms with E-state index in [4.69, 9.17) is 14.3 Å². The molecule has 1 N–H and O–H groups in total. The van der Waals surface area contributed by atoms with E-state index in [0.717, 1.165) is 18.6 Å². The van der Waals surface area contributed by atoms with Crippen molar-refractivity contribution in [1.82, 2.24) is 9.71 Å². The van der Waals surface area contributed by atoms with Crippen LogP contribution in [-0.2, 0) is 10.0 Å². The number of pyridine rings is 1. The summed E-state index contributed by atoms with van der Waals surface area (Å²) in [4.78, 5) is 19.9. The fraction of sp³-hybridized carbons (Fsp3) is 0.379. The quantitative estimate of drug-likeness (QED) is 0.392. The van der Waals surface area contributed by atoms with Crippen molar-refractivity contribution in [1.29, 1.82) is 0 Å². The van der Waals surface area contributed by atoms with Crippen molar-refractivity contribution in [2.45, 2.75) is 51.3 Å². The topological polar surface area (TPSA) is 88.6 Å². The molecule has 2 heterocycles. The van der Waals surface area contributed by atoms with Crippen LogP contribution in [0.5, 0.6) is 5.75 Å². The molecule has 1 aromatic heterocycles. The number of anilines is 1. The predicted molar refractivity (Wildman–Crippen MR) is 146 cm³/mol. The molecule has 1 fully saturated rings. The molecule has 0 bridgehead atoms. The van der Waals surface area contributed by atoms with Gasteiger partial charge in [-0.2, -0.15) is 0 Å². The van der Waals surface area contributed by atoms with Crippen molar-refractivity contribution >= 4 is 21.7 Å². The van der Waals surface area contributed by atoms with Crippen LogP contribution in [0.3, 0.4) is 0 Å². The number of benzene rings is 2. The van der Waals surface area contributed by atoms with E-state index in [-0.39, 0.29) is 39.2 Å². The van der Waals surface area contributed by atoms with Crippen LogP contribution in [0.2, 0.25) is 0 Å². The van der Waals surface area contributed by atoms with E-state index in [0.29, 0.717) is 6.54 Å². The number of amides is 1. The zero-order chi connectivity index (χ0) is 33.6. The first kappa shape index (κ1) is 19.6. The molecule has 38 heavy (non-hydrogen) atoms. The van der Waals surface area contributed by atoms with Crippen molar-refractivity contribution in [2.24, 2.45) is 11.8 Å². The summed E-state index contributed by atoms with van der Waals surface area (Å²) >= 11 is 0. The highest BCUT2D eigenvalue weighted by Gasteiger charge is 2.39. The molecule has 0 radical (unpaired) electrons. The van der Waals surface area contributed by atoms with Crippen molar-refractivity contribution in [3.63, 3.8) is 0 Å². The first-order valence-corrected chi connectivity index (χ1v) is 13.5. The summed E-state index contributed by atoms with van der Waals surface area (Å²) in [5, 5.41) is 0. The zero-order valence-electron chi connectivity index (χ0n) is 28.3. The summed E-state index contributed by atoms with van der Waals surface area (Å²) < 4.78 is 102. The average molecular weight is 547 g/mol. The second-order valence-corrected chi connectivity index (χ2v) is 11.7. The maximum atomic E-state index is 14.8. The number of sulfonamides is 1. The van der Waals surface area contributed by atoms with Crippen LogP contribution in [0.15, 0.2) is 65.6 Å². The molecule has 7 nitrogen and oxygen atoms in total. The molecular formula is C29H34FN3O4S. The summed E-state index contributed by atoms with van der Waals surface area (Å²) in [6, 6.07) is 13.6. The summed E-state index contributed by atoms with van der Waals surface area (Å²) in [5.74, 6) is -4.55. The van der Waals surface area contributed by atoms with Gasteiger partial charge in [0.2, 0.25) is 0 Å². The van der Waals surface area contributed by atoms with Crippen LogP contribution in [0, 0.1) is 17.6 Å². The molecule has 9 heteroatoms. The van der Waals surface area contributed by atoms with Gasteiger partial charge in [-0.1, -0.05) is 38.8 Å². The number of nitrogens with zero attached hydrogens (tertiary/aromatic N) is 2. The maximum absolute atomic E-state index is 14.8. The van der Waals surface area contributed by atoms with Crippen molar-refractivity contribution < 1.29 is 31.9 Å². The Morgan fingerprint density at radius 2 is 1.97 bits per heavy atom. The highest BCUT2D eigenvalue weighted by molar-refractivity contribution is 7.90. The fourth-order valence-electron chi connectivity index (χ4n) is 4.74. The lowest BCUT2D eigenvalue weighted by molar-refractivity contribution is 0.0981. The number of aromatic nitrogens is 1. The molecule has 0 unspecified atom stereocenters. The molecule has 3 aromatic rings. The largest absolute Gasteiger partial charge is 0.493 e. The number of halogens is 1. The number of hydrogen-bond donors (Lipinski definition) is 1. The minimum atomic E-state index is -4.21. The Labute approximate surface area is 233 Å². The molecule has 0 aliphatic carbocycles. The summed E-state index contributed by atoms with van der Waals surface area (Å²) in [6.45, 7) is -1.07. The van der Waals surface area contributed by atoms with Gasteiger partial charge in [-0.05, 0) is 68.5 Å². The Morgan fingerprint density at radius 1 is 1.24 bits per heavy atom. The number of nitrogens with one attached hydrogen (secondary N) is 1. The molecule has 1 atom stereocenters. The lowest BCUT2D eigenvalue weighted by Gasteiger charge is -2.34. The van der Waals surface area contributed by atoms with Gasteiger partial charge >= 0.3 is 0 Å². The number of ether oxygens (including phenoxy) is 1. The molecule has 1 aliphatic heterocycles. The van der Waals surface area contributed by atoms with Gasteiger partial charge < -0.3 is 9.64 Å². The third-order valence-electron chi connectivity index (χ3n) is 6.28. The van der Waals surface area contributed by atoms with Gasteiger partial charge in [0.1, 0.15) is 17.4 Å². The summed E-state index contributed by atoms with van der Waals surface area (Å²) in [6.07, 6.45) is 0.752. The van der Waals surface area contributed by atoms with E-state index >= 15 is 0 Å². The van der Waals surface area contributed by atoms with Crippen LogP contribution in [-0.4, -0.2) is 38.0 Å². The minimum Gasteiger partial charge on any atom is -0.493 e. The predicted octanol–water partition coefficient (Wildman–Crippen LogP) is 5.67. The smallest absolute Gasteiger partial charge is 0.268 e. The van der Waals surface area contributed by atoms with E-state index in [1.54, 1.807) is 6.07 Å². The molecule has 1 aliphatic rings. The maximum Gasteiger partial charge on any atom is 0.268 e. The highest BCUT2D eigenvalue weighted by Crippen LogP contribution is 2.38. The Bertz CT molecular complexity index is 1670. The van der Waals surface area contributed by atoms with Gasteiger partial charge in [0.15, 0.2) is 0 Å². The highest BCUT2D eigenvalue weighted by atomic mass is 32.2. The molecule has 0 spiro atoms. The van der Waals surface area contributed by atoms with E-state index in [1.165, 1.54) is 42.5 Å². The third-order valence-corrected chi connectivity index (χ3v) is 7.63. The van der Waals surface area contributed by atoms with Crippen molar-refractivity contribution in [3.8, 4) is 17.0 Å². The van der Waals surface area contributed by atoms with E-state index < -0.39 is 53.5 Å². The number of carbonyl (C=O) groups is 1. The number of carbonyl (C=O) groups excluding carboxylic acids is 1. The molecule has 1 saturated heterocycles. The lowest BCUT2D eigenvalue weighted by Crippen LogP contribution is -2.41. The van der Waals surface area contributed by atoms with Gasteiger partial charge in [-0.3, -0.25) is 4.79 Å². The van der Waals surface area contributed by atoms with Gasteiger partial charge in [0.05, 0.1) is 22.8 Å². The van der Waals surface area contributed by atoms with Crippen molar-refractivity contribution in [2.75, 3.05) is 18.1 Å². The Kier molecular flexibility index (Phi) is 5.53. The van der Waals surface area contributed by atoms with Crippen LogP contribution in [0.25, 0.3) is 11.3 Å². The first-order chi connectivity index (χ1) is 20.6. The number of hydrogen-bond acceptors (Lipinski definition) is 6. The molecular weight excluding hydrogens is 505 g/mol. The second kappa shape index (κ2) is 10.7. The van der Waals surface area contributed by atoms with E-state index in [1.807, 2.05) is 25.7 Å².